The van der Waals surface area contributed by atoms with Crippen molar-refractivity contribution in [3.05, 3.63) is 18.2 Å². The zero-order chi connectivity index (χ0) is 17.5. The van der Waals surface area contributed by atoms with Crippen molar-refractivity contribution in [1.29, 1.82) is 0 Å². The predicted octanol–water partition coefficient (Wildman–Crippen LogP) is 3.76. The first kappa shape index (κ1) is 18.4. The van der Waals surface area contributed by atoms with Crippen molar-refractivity contribution in [3.63, 3.8) is 0 Å². The van der Waals surface area contributed by atoms with Gasteiger partial charge in [0.2, 0.25) is 5.91 Å². The minimum atomic E-state index is 0.182. The molecule has 1 atom stereocenters. The maximum Gasteiger partial charge on any atom is 0.223 e. The Bertz CT molecular complexity index is 504. The van der Waals surface area contributed by atoms with E-state index in [1.807, 2.05) is 6.20 Å². The zero-order valence-electron chi connectivity index (χ0n) is 15.5. The van der Waals surface area contributed by atoms with Gasteiger partial charge in [-0.15, -0.1) is 0 Å². The van der Waals surface area contributed by atoms with Gasteiger partial charge >= 0.3 is 0 Å². The van der Waals surface area contributed by atoms with E-state index >= 15 is 0 Å². The topological polar surface area (TPSA) is 75.0 Å². The second kappa shape index (κ2) is 9.37. The van der Waals surface area contributed by atoms with Gasteiger partial charge in [0.15, 0.2) is 0 Å². The fraction of sp³-hybridized carbons (Fsp3) is 0.800. The third kappa shape index (κ3) is 5.30. The van der Waals surface area contributed by atoms with Crippen molar-refractivity contribution < 1.29 is 4.79 Å². The normalized spacial score (nSPS) is 21.2. The van der Waals surface area contributed by atoms with E-state index in [0.717, 1.165) is 25.1 Å². The van der Waals surface area contributed by atoms with Gasteiger partial charge in [0, 0.05) is 30.9 Å². The van der Waals surface area contributed by atoms with E-state index in [0.29, 0.717) is 24.9 Å². The Kier molecular flexibility index (Phi) is 6.91. The second-order valence-corrected chi connectivity index (χ2v) is 7.95. The summed E-state index contributed by atoms with van der Waals surface area (Å²) < 4.78 is 0. The van der Waals surface area contributed by atoms with Crippen molar-refractivity contribution in [2.45, 2.75) is 95.7 Å². The van der Waals surface area contributed by atoms with Crippen molar-refractivity contribution in [1.82, 2.24) is 14.9 Å². The van der Waals surface area contributed by atoms with E-state index in [9.17, 15) is 4.79 Å². The van der Waals surface area contributed by atoms with Crippen LogP contribution < -0.4 is 5.73 Å². The minimum absolute atomic E-state index is 0.182. The van der Waals surface area contributed by atoms with E-state index in [4.69, 9.17) is 5.73 Å². The highest BCUT2D eigenvalue weighted by Crippen LogP contribution is 2.28. The average Bonchev–Trinajstić information content (AvgIpc) is 3.18. The summed E-state index contributed by atoms with van der Waals surface area (Å²) >= 11 is 0. The Morgan fingerprint density at radius 2 is 1.84 bits per heavy atom. The smallest absolute Gasteiger partial charge is 0.223 e. The number of carbonyl (C=O) groups excluding carboxylic acids is 1. The van der Waals surface area contributed by atoms with Crippen LogP contribution in [0, 0.1) is 5.92 Å². The molecule has 0 aromatic carbocycles. The van der Waals surface area contributed by atoms with Crippen molar-refractivity contribution in [2.24, 2.45) is 11.7 Å². The number of nitrogens with two attached hydrogens (primary N) is 1. The molecule has 1 heterocycles. The molecule has 1 amide bonds. The van der Waals surface area contributed by atoms with Gasteiger partial charge < -0.3 is 15.6 Å². The zero-order valence-corrected chi connectivity index (χ0v) is 15.5. The molecule has 0 spiro atoms. The summed E-state index contributed by atoms with van der Waals surface area (Å²) in [5.74, 6) is 1.76. The first-order valence-corrected chi connectivity index (χ1v) is 10.3. The highest BCUT2D eigenvalue weighted by Gasteiger charge is 2.27. The number of rotatable bonds is 7. The molecule has 3 N–H and O–H groups in total. The monoisotopic (exact) mass is 346 g/mol. The fourth-order valence-corrected chi connectivity index (χ4v) is 4.59. The summed E-state index contributed by atoms with van der Waals surface area (Å²) in [6.45, 7) is 0.606. The number of nitrogens with one attached hydrogen (secondary N) is 1. The molecule has 5 nitrogen and oxygen atoms in total. The number of aromatic amines is 1. The van der Waals surface area contributed by atoms with Gasteiger partial charge in [0.05, 0.1) is 6.54 Å². The van der Waals surface area contributed by atoms with Crippen molar-refractivity contribution in [3.8, 4) is 0 Å². The summed E-state index contributed by atoms with van der Waals surface area (Å²) in [5, 5.41) is 0. The van der Waals surface area contributed by atoms with Gasteiger partial charge in [-0.3, -0.25) is 4.79 Å². The Labute approximate surface area is 151 Å². The number of carbonyl (C=O) groups is 1. The lowest BCUT2D eigenvalue weighted by molar-refractivity contribution is -0.135. The number of H-pyrrole nitrogens is 1. The van der Waals surface area contributed by atoms with E-state index in [2.05, 4.69) is 14.9 Å². The maximum absolute atomic E-state index is 13.0. The number of hydrogen-bond acceptors (Lipinski definition) is 3. The standard InChI is InChI=1S/C20H34N4O/c21-18(16-7-3-1-4-8-16)11-12-20(25)24(15-19-22-13-14-23-19)17-9-5-2-6-10-17/h13-14,16-18H,1-12,15,21H2,(H,22,23)/t18-/m0/s1. The van der Waals surface area contributed by atoms with Crippen LogP contribution in [-0.2, 0) is 11.3 Å². The molecule has 140 valence electrons. The molecule has 5 heteroatoms. The number of aromatic nitrogens is 2. The molecule has 0 saturated heterocycles. The molecule has 25 heavy (non-hydrogen) atoms. The van der Waals surface area contributed by atoms with Gasteiger partial charge in [-0.2, -0.15) is 0 Å². The van der Waals surface area contributed by atoms with E-state index < -0.39 is 0 Å². The predicted molar refractivity (Wildman–Crippen MR) is 99.8 cm³/mol. The molecule has 2 saturated carbocycles. The van der Waals surface area contributed by atoms with Crippen LogP contribution in [0.5, 0.6) is 0 Å². The van der Waals surface area contributed by atoms with Crippen LogP contribution in [0.2, 0.25) is 0 Å². The van der Waals surface area contributed by atoms with Crippen LogP contribution in [0.4, 0.5) is 0 Å². The van der Waals surface area contributed by atoms with Gasteiger partial charge in [0.1, 0.15) is 5.82 Å². The summed E-state index contributed by atoms with van der Waals surface area (Å²) in [7, 11) is 0. The third-order valence-electron chi connectivity index (χ3n) is 6.16. The lowest BCUT2D eigenvalue weighted by Crippen LogP contribution is -2.42. The van der Waals surface area contributed by atoms with Crippen LogP contribution >= 0.6 is 0 Å². The summed E-state index contributed by atoms with van der Waals surface area (Å²) in [6.07, 6.45) is 17.5. The Hall–Kier alpha value is -1.36. The number of hydrogen-bond donors (Lipinski definition) is 2. The van der Waals surface area contributed by atoms with Gasteiger partial charge in [-0.25, -0.2) is 4.98 Å². The van der Waals surface area contributed by atoms with Crippen LogP contribution in [0.1, 0.15) is 82.9 Å². The molecule has 1 aromatic rings. The molecule has 2 aliphatic rings. The molecule has 0 radical (unpaired) electrons. The first-order chi connectivity index (χ1) is 12.2. The fourth-order valence-electron chi connectivity index (χ4n) is 4.59. The highest BCUT2D eigenvalue weighted by atomic mass is 16.2. The third-order valence-corrected chi connectivity index (χ3v) is 6.16. The Morgan fingerprint density at radius 3 is 2.48 bits per heavy atom. The summed E-state index contributed by atoms with van der Waals surface area (Å²) in [5.41, 5.74) is 6.42. The van der Waals surface area contributed by atoms with Crippen molar-refractivity contribution >= 4 is 5.91 Å². The van der Waals surface area contributed by atoms with E-state index in [1.165, 1.54) is 51.4 Å². The van der Waals surface area contributed by atoms with Gasteiger partial charge in [-0.1, -0.05) is 38.5 Å². The van der Waals surface area contributed by atoms with Gasteiger partial charge in [0.25, 0.3) is 0 Å². The lowest BCUT2D eigenvalue weighted by atomic mass is 9.82. The molecule has 0 bridgehead atoms. The molecule has 1 aromatic heterocycles. The lowest BCUT2D eigenvalue weighted by Gasteiger charge is -2.34. The Morgan fingerprint density at radius 1 is 1.16 bits per heavy atom. The minimum Gasteiger partial charge on any atom is -0.347 e. The molecule has 2 fully saturated rings. The quantitative estimate of drug-likeness (QED) is 0.789. The Balaban J connectivity index is 1.55. The van der Waals surface area contributed by atoms with Crippen LogP contribution in [0.25, 0.3) is 0 Å². The second-order valence-electron chi connectivity index (χ2n) is 7.95. The molecule has 3 rings (SSSR count). The number of amides is 1. The maximum atomic E-state index is 13.0. The van der Waals surface area contributed by atoms with Crippen molar-refractivity contribution in [2.75, 3.05) is 0 Å². The molecule has 0 unspecified atom stereocenters. The summed E-state index contributed by atoms with van der Waals surface area (Å²) in [4.78, 5) is 22.5. The SMILES string of the molecule is N[C@@H](CCC(=O)N(Cc1ncc[nH]1)C1CCCCC1)C1CCCCC1. The molecular weight excluding hydrogens is 312 g/mol. The first-order valence-electron chi connectivity index (χ1n) is 10.3. The average molecular weight is 347 g/mol. The largest absolute Gasteiger partial charge is 0.347 e. The highest BCUT2D eigenvalue weighted by molar-refractivity contribution is 5.76. The number of nitrogens with zero attached hydrogens (tertiary/aromatic N) is 2. The molecule has 2 aliphatic carbocycles. The van der Waals surface area contributed by atoms with Gasteiger partial charge in [-0.05, 0) is 38.0 Å². The van der Waals surface area contributed by atoms with Crippen LogP contribution in [0.15, 0.2) is 12.4 Å². The van der Waals surface area contributed by atoms with E-state index in [1.54, 1.807) is 6.20 Å². The number of imidazole rings is 1. The van der Waals surface area contributed by atoms with E-state index in [-0.39, 0.29) is 11.9 Å². The van der Waals surface area contributed by atoms with Crippen LogP contribution in [0.3, 0.4) is 0 Å². The van der Waals surface area contributed by atoms with Crippen LogP contribution in [-0.4, -0.2) is 32.9 Å². The summed E-state index contributed by atoms with van der Waals surface area (Å²) in [6, 6.07) is 0.554. The molecular formula is C20H34N4O. The molecule has 0 aliphatic heterocycles.